The van der Waals surface area contributed by atoms with E-state index in [2.05, 4.69) is 6.92 Å². The van der Waals surface area contributed by atoms with E-state index in [4.69, 9.17) is 14.6 Å². The van der Waals surface area contributed by atoms with Crippen molar-refractivity contribution in [3.05, 3.63) is 48.0 Å². The smallest absolute Gasteiger partial charge is 0.241 e. The minimum absolute atomic E-state index is 0.151. The Morgan fingerprint density at radius 2 is 1.86 bits per heavy atom. The van der Waals surface area contributed by atoms with Gasteiger partial charge in [0.2, 0.25) is 10.0 Å². The standard InChI is InChI=1S/C20H28N2O5S/c1-3-4-10-22(11-12-26-2)18-13-16(15-23)14-19(28(21,24)25)20(18)27-17-8-6-5-7-9-17/h5-9,13-14,23H,3-4,10-12,15H2,1-2H3,(H2,21,24,25). The van der Waals surface area contributed by atoms with E-state index in [9.17, 15) is 13.5 Å². The summed E-state index contributed by atoms with van der Waals surface area (Å²) in [4.78, 5) is 1.84. The molecule has 0 bridgehead atoms. The van der Waals surface area contributed by atoms with Gasteiger partial charge in [0.05, 0.1) is 18.9 Å². The Bertz CT molecular complexity index is 848. The second-order valence-electron chi connectivity index (χ2n) is 6.39. The number of aliphatic hydroxyl groups excluding tert-OH is 1. The maximum absolute atomic E-state index is 12.3. The number of nitrogens with zero attached hydrogens (tertiary/aromatic N) is 1. The van der Waals surface area contributed by atoms with Gasteiger partial charge < -0.3 is 19.5 Å². The van der Waals surface area contributed by atoms with Crippen LogP contribution < -0.4 is 14.8 Å². The first-order chi connectivity index (χ1) is 13.4. The summed E-state index contributed by atoms with van der Waals surface area (Å²) in [6.07, 6.45) is 1.88. The maximum atomic E-state index is 12.3. The summed E-state index contributed by atoms with van der Waals surface area (Å²) in [6, 6.07) is 12.0. The summed E-state index contributed by atoms with van der Waals surface area (Å²) >= 11 is 0. The van der Waals surface area contributed by atoms with Crippen molar-refractivity contribution >= 4 is 15.7 Å². The lowest BCUT2D eigenvalue weighted by Gasteiger charge is -2.28. The summed E-state index contributed by atoms with van der Waals surface area (Å²) in [5.41, 5.74) is 1.00. The molecule has 0 saturated carbocycles. The van der Waals surface area contributed by atoms with E-state index in [0.29, 0.717) is 36.7 Å². The van der Waals surface area contributed by atoms with E-state index < -0.39 is 10.0 Å². The van der Waals surface area contributed by atoms with Crippen LogP contribution in [0.2, 0.25) is 0 Å². The number of sulfonamides is 1. The Morgan fingerprint density at radius 3 is 2.43 bits per heavy atom. The minimum Gasteiger partial charge on any atom is -0.454 e. The van der Waals surface area contributed by atoms with Gasteiger partial charge in [-0.15, -0.1) is 0 Å². The lowest BCUT2D eigenvalue weighted by molar-refractivity contribution is 0.205. The van der Waals surface area contributed by atoms with Crippen LogP contribution in [0.3, 0.4) is 0 Å². The van der Waals surface area contributed by atoms with Crippen molar-refractivity contribution in [2.45, 2.75) is 31.3 Å². The summed E-state index contributed by atoms with van der Waals surface area (Å²) < 4.78 is 35.8. The highest BCUT2D eigenvalue weighted by Gasteiger charge is 2.24. The SMILES string of the molecule is CCCCN(CCOC)c1cc(CO)cc(S(N)(=O)=O)c1Oc1ccccc1. The third kappa shape index (κ3) is 5.93. The molecule has 0 spiro atoms. The molecule has 0 aliphatic heterocycles. The van der Waals surface area contributed by atoms with Crippen molar-refractivity contribution in [1.29, 1.82) is 0 Å². The summed E-state index contributed by atoms with van der Waals surface area (Å²) in [7, 11) is -2.47. The fraction of sp³-hybridized carbons (Fsp3) is 0.400. The Kier molecular flexibility index (Phi) is 8.25. The summed E-state index contributed by atoms with van der Waals surface area (Å²) in [6.45, 7) is 3.45. The van der Waals surface area contributed by atoms with Gasteiger partial charge >= 0.3 is 0 Å². The molecule has 0 radical (unpaired) electrons. The third-order valence-corrected chi connectivity index (χ3v) is 5.15. The molecule has 154 valence electrons. The minimum atomic E-state index is -4.08. The molecule has 7 nitrogen and oxygen atoms in total. The van der Waals surface area contributed by atoms with Crippen LogP contribution in [0.15, 0.2) is 47.4 Å². The summed E-state index contributed by atoms with van der Waals surface area (Å²) in [5, 5.41) is 15.1. The van der Waals surface area contributed by atoms with Gasteiger partial charge in [-0.1, -0.05) is 31.5 Å². The van der Waals surface area contributed by atoms with Gasteiger partial charge in [-0.3, -0.25) is 0 Å². The number of para-hydroxylation sites is 1. The molecular weight excluding hydrogens is 380 g/mol. The molecule has 0 aliphatic carbocycles. The normalized spacial score (nSPS) is 11.4. The van der Waals surface area contributed by atoms with Crippen molar-refractivity contribution in [3.63, 3.8) is 0 Å². The highest BCUT2D eigenvalue weighted by atomic mass is 32.2. The number of nitrogens with two attached hydrogens (primary N) is 1. The molecule has 0 atom stereocenters. The lowest BCUT2D eigenvalue weighted by atomic mass is 10.1. The van der Waals surface area contributed by atoms with Gasteiger partial charge in [-0.25, -0.2) is 13.6 Å². The molecule has 2 aromatic rings. The monoisotopic (exact) mass is 408 g/mol. The highest BCUT2D eigenvalue weighted by molar-refractivity contribution is 7.89. The van der Waals surface area contributed by atoms with Crippen molar-refractivity contribution in [3.8, 4) is 11.5 Å². The number of aliphatic hydroxyl groups is 1. The Morgan fingerprint density at radius 1 is 1.14 bits per heavy atom. The Hall–Kier alpha value is -2.13. The predicted molar refractivity (Wildman–Crippen MR) is 109 cm³/mol. The zero-order valence-corrected chi connectivity index (χ0v) is 17.1. The lowest BCUT2D eigenvalue weighted by Crippen LogP contribution is -2.29. The number of primary sulfonamides is 1. The van der Waals surface area contributed by atoms with Gasteiger partial charge in [0.1, 0.15) is 10.6 Å². The van der Waals surface area contributed by atoms with Crippen molar-refractivity contribution in [1.82, 2.24) is 0 Å². The second-order valence-corrected chi connectivity index (χ2v) is 7.92. The number of unbranched alkanes of at least 4 members (excludes halogenated alkanes) is 1. The summed E-state index contributed by atoms with van der Waals surface area (Å²) in [5.74, 6) is 0.644. The number of benzene rings is 2. The van der Waals surface area contributed by atoms with Crippen molar-refractivity contribution in [2.24, 2.45) is 5.14 Å². The van der Waals surface area contributed by atoms with Crippen LogP contribution in [0.1, 0.15) is 25.3 Å². The number of hydrogen-bond acceptors (Lipinski definition) is 6. The van der Waals surface area contributed by atoms with Crippen LogP contribution in [0, 0.1) is 0 Å². The molecule has 0 saturated heterocycles. The molecule has 0 amide bonds. The zero-order valence-electron chi connectivity index (χ0n) is 16.3. The fourth-order valence-corrected chi connectivity index (χ4v) is 3.51. The molecule has 3 N–H and O–H groups in total. The van der Waals surface area contributed by atoms with Gasteiger partial charge in [0.15, 0.2) is 5.75 Å². The number of ether oxygens (including phenoxy) is 2. The predicted octanol–water partition coefficient (Wildman–Crippen LogP) is 2.87. The highest BCUT2D eigenvalue weighted by Crippen LogP contribution is 2.39. The first-order valence-electron chi connectivity index (χ1n) is 9.18. The zero-order chi connectivity index (χ0) is 20.6. The van der Waals surface area contributed by atoms with Crippen LogP contribution in [-0.2, 0) is 21.4 Å². The van der Waals surface area contributed by atoms with Gasteiger partial charge in [-0.2, -0.15) is 0 Å². The third-order valence-electron chi connectivity index (χ3n) is 4.23. The van der Waals surface area contributed by atoms with E-state index >= 15 is 0 Å². The molecule has 0 fully saturated rings. The first kappa shape index (κ1) is 22.2. The molecule has 8 heteroatoms. The average Bonchev–Trinajstić information content (AvgIpc) is 2.68. The number of methoxy groups -OCH3 is 1. The van der Waals surface area contributed by atoms with Crippen molar-refractivity contribution < 1.29 is 23.0 Å². The second kappa shape index (κ2) is 10.4. The Labute approximate surface area is 166 Å². The first-order valence-corrected chi connectivity index (χ1v) is 10.7. The van der Waals surface area contributed by atoms with Crippen molar-refractivity contribution in [2.75, 3.05) is 31.7 Å². The molecule has 0 unspecified atom stereocenters. The quantitative estimate of drug-likeness (QED) is 0.593. The van der Waals surface area contributed by atoms with E-state index in [1.54, 1.807) is 37.4 Å². The largest absolute Gasteiger partial charge is 0.454 e. The molecular formula is C20H28N2O5S. The number of rotatable bonds is 11. The molecule has 0 heterocycles. The van der Waals surface area contributed by atoms with Crippen LogP contribution in [0.4, 0.5) is 5.69 Å². The Balaban J connectivity index is 2.64. The van der Waals surface area contributed by atoms with E-state index in [1.165, 1.54) is 6.07 Å². The van der Waals surface area contributed by atoms with Gasteiger partial charge in [0.25, 0.3) is 0 Å². The van der Waals surface area contributed by atoms with Gasteiger partial charge in [-0.05, 0) is 36.2 Å². The van der Waals surface area contributed by atoms with E-state index in [0.717, 1.165) is 12.8 Å². The van der Waals surface area contributed by atoms with Crippen LogP contribution >= 0.6 is 0 Å². The molecule has 2 aromatic carbocycles. The maximum Gasteiger partial charge on any atom is 0.241 e. The van der Waals surface area contributed by atoms with Crippen LogP contribution in [0.25, 0.3) is 0 Å². The van der Waals surface area contributed by atoms with E-state index in [1.807, 2.05) is 11.0 Å². The topological polar surface area (TPSA) is 102 Å². The fourth-order valence-electron chi connectivity index (χ4n) is 2.79. The molecule has 0 aromatic heterocycles. The van der Waals surface area contributed by atoms with Crippen LogP contribution in [0.5, 0.6) is 11.5 Å². The van der Waals surface area contributed by atoms with Crippen LogP contribution in [-0.4, -0.2) is 40.3 Å². The molecule has 2 rings (SSSR count). The molecule has 28 heavy (non-hydrogen) atoms. The number of anilines is 1. The average molecular weight is 409 g/mol. The van der Waals surface area contributed by atoms with Gasteiger partial charge in [0, 0.05) is 20.2 Å². The van der Waals surface area contributed by atoms with E-state index in [-0.39, 0.29) is 17.3 Å². The molecule has 0 aliphatic rings. The number of hydrogen-bond donors (Lipinski definition) is 2.